The summed E-state index contributed by atoms with van der Waals surface area (Å²) in [4.78, 5) is 0. The van der Waals surface area contributed by atoms with Crippen LogP contribution in [0.25, 0.3) is 0 Å². The van der Waals surface area contributed by atoms with Crippen molar-refractivity contribution in [3.8, 4) is 11.5 Å². The van der Waals surface area contributed by atoms with Crippen LogP contribution in [0, 0.1) is 0 Å². The summed E-state index contributed by atoms with van der Waals surface area (Å²) < 4.78 is 10.9. The quantitative estimate of drug-likeness (QED) is 0.786. The third kappa shape index (κ3) is 6.30. The van der Waals surface area contributed by atoms with Crippen LogP contribution in [0.15, 0.2) is 48.5 Å². The highest BCUT2D eigenvalue weighted by atomic mass is 16.5. The highest BCUT2D eigenvalue weighted by Crippen LogP contribution is 2.18. The number of benzene rings is 2. The van der Waals surface area contributed by atoms with Gasteiger partial charge in [-0.1, -0.05) is 24.3 Å². The van der Waals surface area contributed by atoms with Crippen molar-refractivity contribution in [3.05, 3.63) is 59.7 Å². The van der Waals surface area contributed by atoms with Crippen LogP contribution in [0.5, 0.6) is 11.5 Å². The molecule has 0 saturated carbocycles. The lowest BCUT2D eigenvalue weighted by molar-refractivity contribution is 0.122. The molecule has 0 bridgehead atoms. The lowest BCUT2D eigenvalue weighted by Gasteiger charge is -2.10. The molecule has 2 N–H and O–H groups in total. The molecule has 2 unspecified atom stereocenters. The van der Waals surface area contributed by atoms with Gasteiger partial charge in [0.05, 0.1) is 12.2 Å². The molecule has 0 heterocycles. The second-order valence-electron chi connectivity index (χ2n) is 5.78. The van der Waals surface area contributed by atoms with E-state index < -0.39 is 12.2 Å². The molecule has 0 radical (unpaired) electrons. The SMILES string of the molecule is CC(O)COc1ccc(Cc2ccc(OCC(C)O)cc2)cc1. The van der Waals surface area contributed by atoms with E-state index >= 15 is 0 Å². The summed E-state index contributed by atoms with van der Waals surface area (Å²) in [6.07, 6.45) is -0.110. The van der Waals surface area contributed by atoms with Crippen LogP contribution in [-0.4, -0.2) is 35.6 Å². The molecule has 0 amide bonds. The summed E-state index contributed by atoms with van der Waals surface area (Å²) in [7, 11) is 0. The predicted octanol–water partition coefficient (Wildman–Crippen LogP) is 2.80. The van der Waals surface area contributed by atoms with E-state index in [2.05, 4.69) is 0 Å². The Balaban J connectivity index is 1.88. The first kappa shape index (κ1) is 17.3. The monoisotopic (exact) mass is 316 g/mol. The zero-order valence-corrected chi connectivity index (χ0v) is 13.6. The lowest BCUT2D eigenvalue weighted by atomic mass is 10.0. The Hall–Kier alpha value is -2.04. The van der Waals surface area contributed by atoms with Gasteiger partial charge in [-0.3, -0.25) is 0 Å². The standard InChI is InChI=1S/C19H24O4/c1-14(20)12-22-18-7-3-16(4-8-18)11-17-5-9-19(10-6-17)23-13-15(2)21/h3-10,14-15,20-21H,11-13H2,1-2H3. The summed E-state index contributed by atoms with van der Waals surface area (Å²) in [5.74, 6) is 1.52. The van der Waals surface area contributed by atoms with Crippen molar-refractivity contribution >= 4 is 0 Å². The zero-order chi connectivity index (χ0) is 16.7. The Kier molecular flexibility index (Phi) is 6.44. The van der Waals surface area contributed by atoms with E-state index in [0.717, 1.165) is 17.9 Å². The third-order valence-electron chi connectivity index (χ3n) is 3.24. The summed E-state index contributed by atoms with van der Waals surface area (Å²) in [5, 5.41) is 18.4. The van der Waals surface area contributed by atoms with E-state index in [9.17, 15) is 10.2 Å². The first-order valence-electron chi connectivity index (χ1n) is 7.82. The number of hydrogen-bond acceptors (Lipinski definition) is 4. The van der Waals surface area contributed by atoms with Crippen LogP contribution in [0.1, 0.15) is 25.0 Å². The van der Waals surface area contributed by atoms with E-state index in [-0.39, 0.29) is 0 Å². The van der Waals surface area contributed by atoms with Crippen molar-refractivity contribution in [2.24, 2.45) is 0 Å². The number of rotatable bonds is 8. The van der Waals surface area contributed by atoms with Crippen molar-refractivity contribution in [3.63, 3.8) is 0 Å². The number of hydrogen-bond donors (Lipinski definition) is 2. The van der Waals surface area contributed by atoms with Gasteiger partial charge in [0.2, 0.25) is 0 Å². The molecule has 4 heteroatoms. The highest BCUT2D eigenvalue weighted by molar-refractivity contribution is 5.34. The molecular formula is C19H24O4. The number of ether oxygens (including phenoxy) is 2. The molecule has 0 aliphatic heterocycles. The molecule has 0 aliphatic carbocycles. The van der Waals surface area contributed by atoms with Crippen molar-refractivity contribution < 1.29 is 19.7 Å². The van der Waals surface area contributed by atoms with E-state index in [1.165, 1.54) is 11.1 Å². The minimum absolute atomic E-state index is 0.299. The van der Waals surface area contributed by atoms with Crippen LogP contribution in [0.3, 0.4) is 0 Å². The molecular weight excluding hydrogens is 292 g/mol. The van der Waals surface area contributed by atoms with E-state index in [0.29, 0.717) is 13.2 Å². The molecule has 4 nitrogen and oxygen atoms in total. The second-order valence-corrected chi connectivity index (χ2v) is 5.78. The molecule has 0 spiro atoms. The van der Waals surface area contributed by atoms with Crippen LogP contribution in [-0.2, 0) is 6.42 Å². The minimum Gasteiger partial charge on any atom is -0.491 e. The van der Waals surface area contributed by atoms with E-state index in [1.54, 1.807) is 13.8 Å². The molecule has 2 aromatic carbocycles. The molecule has 0 aromatic heterocycles. The molecule has 0 saturated heterocycles. The molecule has 0 aliphatic rings. The highest BCUT2D eigenvalue weighted by Gasteiger charge is 2.02. The normalized spacial score (nSPS) is 13.4. The van der Waals surface area contributed by atoms with Gasteiger partial charge in [-0.25, -0.2) is 0 Å². The van der Waals surface area contributed by atoms with E-state index in [1.807, 2.05) is 48.5 Å². The fourth-order valence-electron chi connectivity index (χ4n) is 2.08. The van der Waals surface area contributed by atoms with Crippen LogP contribution in [0.2, 0.25) is 0 Å². The van der Waals surface area contributed by atoms with Gasteiger partial charge in [-0.05, 0) is 55.7 Å². The topological polar surface area (TPSA) is 58.9 Å². The molecule has 0 fully saturated rings. The Labute approximate surface area is 137 Å². The van der Waals surface area contributed by atoms with Crippen LogP contribution in [0.4, 0.5) is 0 Å². The van der Waals surface area contributed by atoms with Crippen molar-refractivity contribution in [1.29, 1.82) is 0 Å². The lowest BCUT2D eigenvalue weighted by Crippen LogP contribution is -2.12. The fraction of sp³-hybridized carbons (Fsp3) is 0.368. The minimum atomic E-state index is -0.468. The maximum atomic E-state index is 9.20. The van der Waals surface area contributed by atoms with Crippen LogP contribution >= 0.6 is 0 Å². The van der Waals surface area contributed by atoms with Gasteiger partial charge in [0.15, 0.2) is 0 Å². The maximum Gasteiger partial charge on any atom is 0.119 e. The fourth-order valence-corrected chi connectivity index (χ4v) is 2.08. The predicted molar refractivity (Wildman–Crippen MR) is 90.0 cm³/mol. The Morgan fingerprint density at radius 3 is 1.35 bits per heavy atom. The molecule has 124 valence electrons. The first-order valence-corrected chi connectivity index (χ1v) is 7.82. The van der Waals surface area contributed by atoms with Crippen molar-refractivity contribution in [2.75, 3.05) is 13.2 Å². The number of aliphatic hydroxyl groups is 2. The molecule has 2 aromatic rings. The average Bonchev–Trinajstić information content (AvgIpc) is 2.53. The summed E-state index contributed by atoms with van der Waals surface area (Å²) in [6, 6.07) is 15.8. The smallest absolute Gasteiger partial charge is 0.119 e. The third-order valence-corrected chi connectivity index (χ3v) is 3.24. The van der Waals surface area contributed by atoms with Crippen LogP contribution < -0.4 is 9.47 Å². The Bertz CT molecular complexity index is 520. The molecule has 2 rings (SSSR count). The summed E-state index contributed by atoms with van der Waals surface area (Å²) >= 11 is 0. The van der Waals surface area contributed by atoms with Gasteiger partial charge < -0.3 is 19.7 Å². The Morgan fingerprint density at radius 2 is 1.04 bits per heavy atom. The van der Waals surface area contributed by atoms with Gasteiger partial charge in [0, 0.05) is 0 Å². The summed E-state index contributed by atoms with van der Waals surface area (Å²) in [5.41, 5.74) is 2.37. The zero-order valence-electron chi connectivity index (χ0n) is 13.6. The van der Waals surface area contributed by atoms with Crippen molar-refractivity contribution in [1.82, 2.24) is 0 Å². The largest absolute Gasteiger partial charge is 0.491 e. The maximum absolute atomic E-state index is 9.20. The van der Waals surface area contributed by atoms with Gasteiger partial charge in [0.25, 0.3) is 0 Å². The van der Waals surface area contributed by atoms with Gasteiger partial charge in [-0.2, -0.15) is 0 Å². The van der Waals surface area contributed by atoms with Gasteiger partial charge in [-0.15, -0.1) is 0 Å². The average molecular weight is 316 g/mol. The van der Waals surface area contributed by atoms with Gasteiger partial charge in [0.1, 0.15) is 24.7 Å². The first-order chi connectivity index (χ1) is 11.0. The number of aliphatic hydroxyl groups excluding tert-OH is 2. The summed E-state index contributed by atoms with van der Waals surface area (Å²) in [6.45, 7) is 3.99. The van der Waals surface area contributed by atoms with E-state index in [4.69, 9.17) is 9.47 Å². The second kappa shape index (κ2) is 8.56. The van der Waals surface area contributed by atoms with Gasteiger partial charge >= 0.3 is 0 Å². The van der Waals surface area contributed by atoms with Crippen molar-refractivity contribution in [2.45, 2.75) is 32.5 Å². The molecule has 2 atom stereocenters. The Morgan fingerprint density at radius 1 is 0.696 bits per heavy atom. The molecule has 23 heavy (non-hydrogen) atoms.